The van der Waals surface area contributed by atoms with Crippen molar-refractivity contribution in [3.05, 3.63) is 57.4 Å². The predicted octanol–water partition coefficient (Wildman–Crippen LogP) is 2.92. The first-order valence-corrected chi connectivity index (χ1v) is 7.60. The number of hydrogen-bond acceptors (Lipinski definition) is 4. The van der Waals surface area contributed by atoms with E-state index in [1.807, 2.05) is 0 Å². The van der Waals surface area contributed by atoms with Crippen molar-refractivity contribution in [2.45, 2.75) is 19.1 Å². The molecule has 5 nitrogen and oxygen atoms in total. The number of nitrogens with one attached hydrogen (secondary N) is 1. The number of ketones is 1. The van der Waals surface area contributed by atoms with Crippen LogP contribution in [0.15, 0.2) is 35.1 Å². The first-order valence-electron chi connectivity index (χ1n) is 7.60. The number of carbonyl (C=O) groups excluding carboxylic acids is 1. The van der Waals surface area contributed by atoms with Gasteiger partial charge >= 0.3 is 6.18 Å². The molecule has 0 bridgehead atoms. The van der Waals surface area contributed by atoms with Crippen LogP contribution in [-0.4, -0.2) is 24.0 Å². The number of aromatic nitrogens is 1. The molecular weight excluding hydrogens is 337 g/mol. The lowest BCUT2D eigenvalue weighted by atomic mass is 9.97. The van der Waals surface area contributed by atoms with Gasteiger partial charge in [-0.05, 0) is 30.7 Å². The van der Waals surface area contributed by atoms with Crippen molar-refractivity contribution in [1.82, 2.24) is 4.57 Å². The van der Waals surface area contributed by atoms with Gasteiger partial charge in [-0.1, -0.05) is 0 Å². The van der Waals surface area contributed by atoms with E-state index in [2.05, 4.69) is 5.32 Å². The molecule has 8 heteroatoms. The molecule has 0 saturated carbocycles. The van der Waals surface area contributed by atoms with E-state index in [1.54, 1.807) is 0 Å². The van der Waals surface area contributed by atoms with Crippen molar-refractivity contribution in [1.29, 1.82) is 0 Å². The van der Waals surface area contributed by atoms with Crippen molar-refractivity contribution >= 4 is 11.6 Å². The summed E-state index contributed by atoms with van der Waals surface area (Å²) in [4.78, 5) is 24.8. The topological polar surface area (TPSA) is 60.3 Å². The van der Waals surface area contributed by atoms with Gasteiger partial charge in [0.25, 0.3) is 5.56 Å². The maximum atomic E-state index is 13.4. The van der Waals surface area contributed by atoms with Crippen LogP contribution in [0.1, 0.15) is 27.9 Å². The quantitative estimate of drug-likeness (QED) is 0.863. The molecular formula is C17H15F3N2O3. The van der Waals surface area contributed by atoms with Crippen LogP contribution in [0, 0.1) is 0 Å². The van der Waals surface area contributed by atoms with E-state index >= 15 is 0 Å². The molecule has 25 heavy (non-hydrogen) atoms. The molecule has 1 aromatic heterocycles. The summed E-state index contributed by atoms with van der Waals surface area (Å²) in [5.41, 5.74) is -2.45. The Kier molecular flexibility index (Phi) is 4.28. The molecule has 0 aliphatic carbocycles. The Morgan fingerprint density at radius 1 is 1.24 bits per heavy atom. The standard InChI is InChI=1S/C17H15F3N2O3/c1-25-11-5-3-10(4-6-11)15(24)14-12(17(18,19)20)9-13(23)22-8-2-7-21-16(14)22/h3-6,9,21H,2,7-8H2,1H3. The van der Waals surface area contributed by atoms with E-state index in [-0.39, 0.29) is 17.9 Å². The fourth-order valence-corrected chi connectivity index (χ4v) is 2.84. The largest absolute Gasteiger partial charge is 0.497 e. The van der Waals surface area contributed by atoms with Crippen LogP contribution in [0.2, 0.25) is 0 Å². The number of carbonyl (C=O) groups is 1. The van der Waals surface area contributed by atoms with E-state index in [0.717, 1.165) is 0 Å². The minimum atomic E-state index is -4.81. The third-order valence-electron chi connectivity index (χ3n) is 4.05. The lowest BCUT2D eigenvalue weighted by Gasteiger charge is -2.25. The lowest BCUT2D eigenvalue weighted by molar-refractivity contribution is -0.138. The molecule has 0 spiro atoms. The molecule has 1 aliphatic rings. The predicted molar refractivity (Wildman–Crippen MR) is 85.2 cm³/mol. The molecule has 2 heterocycles. The molecule has 0 radical (unpaired) electrons. The minimum Gasteiger partial charge on any atom is -0.497 e. The SMILES string of the molecule is COc1ccc(C(=O)c2c(C(F)(F)F)cc(=O)n3c2NCCC3)cc1. The number of hydrogen-bond donors (Lipinski definition) is 1. The summed E-state index contributed by atoms with van der Waals surface area (Å²) in [6, 6.07) is 6.27. The molecule has 0 saturated heterocycles. The van der Waals surface area contributed by atoms with E-state index in [4.69, 9.17) is 4.74 Å². The highest BCUT2D eigenvalue weighted by Gasteiger charge is 2.39. The first-order chi connectivity index (χ1) is 11.8. The van der Waals surface area contributed by atoms with Crippen molar-refractivity contribution < 1.29 is 22.7 Å². The summed E-state index contributed by atoms with van der Waals surface area (Å²) in [5, 5.41) is 2.78. The Morgan fingerprint density at radius 3 is 2.52 bits per heavy atom. The third-order valence-corrected chi connectivity index (χ3v) is 4.05. The van der Waals surface area contributed by atoms with Gasteiger partial charge in [-0.15, -0.1) is 0 Å². The van der Waals surface area contributed by atoms with E-state index in [1.165, 1.54) is 35.9 Å². The Bertz CT molecular complexity index is 870. The van der Waals surface area contributed by atoms with Crippen LogP contribution in [0.3, 0.4) is 0 Å². The number of halogens is 3. The number of anilines is 1. The smallest absolute Gasteiger partial charge is 0.417 e. The maximum Gasteiger partial charge on any atom is 0.417 e. The van der Waals surface area contributed by atoms with E-state index in [9.17, 15) is 22.8 Å². The molecule has 1 N–H and O–H groups in total. The van der Waals surface area contributed by atoms with Crippen LogP contribution in [-0.2, 0) is 12.7 Å². The van der Waals surface area contributed by atoms with Gasteiger partial charge in [-0.3, -0.25) is 14.2 Å². The fraction of sp³-hybridized carbons (Fsp3) is 0.294. The minimum absolute atomic E-state index is 0.0770. The fourth-order valence-electron chi connectivity index (χ4n) is 2.84. The molecule has 132 valence electrons. The van der Waals surface area contributed by atoms with Crippen LogP contribution in [0.25, 0.3) is 0 Å². The normalized spacial score (nSPS) is 13.8. The van der Waals surface area contributed by atoms with Crippen molar-refractivity contribution in [2.75, 3.05) is 19.0 Å². The second-order valence-corrected chi connectivity index (χ2v) is 5.61. The van der Waals surface area contributed by atoms with Crippen LogP contribution < -0.4 is 15.6 Å². The van der Waals surface area contributed by atoms with Gasteiger partial charge in [0.2, 0.25) is 0 Å². The van der Waals surface area contributed by atoms with Gasteiger partial charge in [-0.25, -0.2) is 0 Å². The highest BCUT2D eigenvalue weighted by Crippen LogP contribution is 2.36. The monoisotopic (exact) mass is 352 g/mol. The Labute approximate surface area is 141 Å². The summed E-state index contributed by atoms with van der Waals surface area (Å²) in [5.74, 6) is -0.392. The van der Waals surface area contributed by atoms with Gasteiger partial charge in [0.05, 0.1) is 18.2 Å². The van der Waals surface area contributed by atoms with Crippen LogP contribution in [0.4, 0.5) is 19.0 Å². The van der Waals surface area contributed by atoms with Gasteiger partial charge in [0, 0.05) is 24.7 Å². The van der Waals surface area contributed by atoms with Crippen molar-refractivity contribution in [3.63, 3.8) is 0 Å². The molecule has 1 aromatic carbocycles. The van der Waals surface area contributed by atoms with Gasteiger partial charge in [0.1, 0.15) is 11.6 Å². The number of pyridine rings is 1. The van der Waals surface area contributed by atoms with Crippen LogP contribution in [0.5, 0.6) is 5.75 Å². The molecule has 0 unspecified atom stereocenters. The molecule has 0 amide bonds. The highest BCUT2D eigenvalue weighted by molar-refractivity contribution is 6.13. The zero-order chi connectivity index (χ0) is 18.2. The number of rotatable bonds is 3. The van der Waals surface area contributed by atoms with E-state index < -0.39 is 28.6 Å². The molecule has 1 aliphatic heterocycles. The summed E-state index contributed by atoms with van der Waals surface area (Å²) < 4.78 is 46.5. The van der Waals surface area contributed by atoms with Gasteiger partial charge in [-0.2, -0.15) is 13.2 Å². The lowest BCUT2D eigenvalue weighted by Crippen LogP contribution is -2.33. The zero-order valence-electron chi connectivity index (χ0n) is 13.3. The number of ether oxygens (including phenoxy) is 1. The highest BCUT2D eigenvalue weighted by atomic mass is 19.4. The molecule has 3 rings (SSSR count). The summed E-state index contributed by atoms with van der Waals surface area (Å²) >= 11 is 0. The molecule has 0 fully saturated rings. The average molecular weight is 352 g/mol. The number of fused-ring (bicyclic) bond motifs is 1. The van der Waals surface area contributed by atoms with Crippen molar-refractivity contribution in [2.24, 2.45) is 0 Å². The number of nitrogens with zero attached hydrogens (tertiary/aromatic N) is 1. The second kappa shape index (κ2) is 6.27. The van der Waals surface area contributed by atoms with Gasteiger partial charge < -0.3 is 10.1 Å². The molecule has 2 aromatic rings. The maximum absolute atomic E-state index is 13.4. The summed E-state index contributed by atoms with van der Waals surface area (Å²) in [7, 11) is 1.45. The van der Waals surface area contributed by atoms with Gasteiger partial charge in [0.15, 0.2) is 5.78 Å². The average Bonchev–Trinajstić information content (AvgIpc) is 2.60. The first kappa shape index (κ1) is 17.1. The van der Waals surface area contributed by atoms with Crippen LogP contribution >= 0.6 is 0 Å². The summed E-state index contributed by atoms with van der Waals surface area (Å²) in [6.45, 7) is 0.659. The third kappa shape index (κ3) is 3.11. The van der Waals surface area contributed by atoms with E-state index in [0.29, 0.717) is 24.8 Å². The number of benzene rings is 1. The molecule has 0 atom stereocenters. The zero-order valence-corrected chi connectivity index (χ0v) is 13.3. The second-order valence-electron chi connectivity index (χ2n) is 5.61. The Hall–Kier alpha value is -2.77. The Balaban J connectivity index is 2.21. The summed E-state index contributed by atoms with van der Waals surface area (Å²) in [6.07, 6.45) is -4.22. The number of methoxy groups -OCH3 is 1. The number of alkyl halides is 3. The Morgan fingerprint density at radius 2 is 1.92 bits per heavy atom. The van der Waals surface area contributed by atoms with Crippen molar-refractivity contribution in [3.8, 4) is 5.75 Å².